The maximum absolute atomic E-state index is 5.86. The van der Waals surface area contributed by atoms with Gasteiger partial charge in [0, 0.05) is 23.7 Å². The lowest BCUT2D eigenvalue weighted by Gasteiger charge is -2.11. The second-order valence-electron chi connectivity index (χ2n) is 4.81. The van der Waals surface area contributed by atoms with Crippen molar-refractivity contribution in [2.45, 2.75) is 6.54 Å². The molecule has 0 aliphatic rings. The van der Waals surface area contributed by atoms with Crippen LogP contribution in [0.3, 0.4) is 0 Å². The topological polar surface area (TPSA) is 60.2 Å². The smallest absolute Gasteiger partial charge is 0.126 e. The molecule has 0 radical (unpaired) electrons. The van der Waals surface area contributed by atoms with Crippen molar-refractivity contribution in [3.8, 4) is 5.75 Å². The fourth-order valence-corrected chi connectivity index (χ4v) is 2.28. The third kappa shape index (κ3) is 2.89. The molecule has 0 spiro atoms. The number of nitrogens with zero attached hydrogens (tertiary/aromatic N) is 1. The highest BCUT2D eigenvalue weighted by Gasteiger charge is 2.03. The molecule has 0 aliphatic carbocycles. The maximum atomic E-state index is 5.86. The van der Waals surface area contributed by atoms with Gasteiger partial charge in [0.1, 0.15) is 11.6 Å². The number of fused-ring (bicyclic) bond motifs is 1. The van der Waals surface area contributed by atoms with E-state index >= 15 is 0 Å². The number of para-hydroxylation sites is 1. The van der Waals surface area contributed by atoms with Gasteiger partial charge in [0.25, 0.3) is 0 Å². The summed E-state index contributed by atoms with van der Waals surface area (Å²) in [6.45, 7) is 0.720. The molecule has 0 amide bonds. The third-order valence-electron chi connectivity index (χ3n) is 3.38. The molecule has 21 heavy (non-hydrogen) atoms. The first-order valence-corrected chi connectivity index (χ1v) is 6.78. The summed E-state index contributed by atoms with van der Waals surface area (Å²) in [5.41, 5.74) is 8.93. The van der Waals surface area contributed by atoms with Crippen molar-refractivity contribution < 1.29 is 4.74 Å². The SMILES string of the molecule is COc1ccc(CNc2cc(N)nc3ccccc23)cc1. The van der Waals surface area contributed by atoms with E-state index in [0.717, 1.165) is 28.9 Å². The van der Waals surface area contributed by atoms with E-state index in [9.17, 15) is 0 Å². The van der Waals surface area contributed by atoms with E-state index in [0.29, 0.717) is 5.82 Å². The van der Waals surface area contributed by atoms with Gasteiger partial charge in [0.15, 0.2) is 0 Å². The van der Waals surface area contributed by atoms with Gasteiger partial charge in [-0.2, -0.15) is 0 Å². The quantitative estimate of drug-likeness (QED) is 0.768. The van der Waals surface area contributed by atoms with Crippen molar-refractivity contribution in [2.24, 2.45) is 0 Å². The number of aromatic nitrogens is 1. The molecule has 0 saturated heterocycles. The van der Waals surface area contributed by atoms with E-state index in [1.165, 1.54) is 5.56 Å². The maximum Gasteiger partial charge on any atom is 0.126 e. The van der Waals surface area contributed by atoms with E-state index in [4.69, 9.17) is 10.5 Å². The zero-order valence-electron chi connectivity index (χ0n) is 11.8. The van der Waals surface area contributed by atoms with Crippen LogP contribution in [0.4, 0.5) is 11.5 Å². The molecular formula is C17H17N3O. The van der Waals surface area contributed by atoms with Gasteiger partial charge >= 0.3 is 0 Å². The van der Waals surface area contributed by atoms with Crippen LogP contribution < -0.4 is 15.8 Å². The lowest BCUT2D eigenvalue weighted by Crippen LogP contribution is -2.02. The van der Waals surface area contributed by atoms with E-state index in [-0.39, 0.29) is 0 Å². The Hall–Kier alpha value is -2.75. The predicted molar refractivity (Wildman–Crippen MR) is 86.5 cm³/mol. The van der Waals surface area contributed by atoms with Crippen LogP contribution >= 0.6 is 0 Å². The zero-order valence-corrected chi connectivity index (χ0v) is 11.8. The van der Waals surface area contributed by atoms with Gasteiger partial charge in [-0.15, -0.1) is 0 Å². The van der Waals surface area contributed by atoms with Gasteiger partial charge in [-0.05, 0) is 23.8 Å². The van der Waals surface area contributed by atoms with Gasteiger partial charge in [-0.25, -0.2) is 4.98 Å². The molecule has 0 bridgehead atoms. The number of nitrogens with one attached hydrogen (secondary N) is 1. The number of benzene rings is 2. The van der Waals surface area contributed by atoms with Gasteiger partial charge < -0.3 is 15.8 Å². The van der Waals surface area contributed by atoms with Gasteiger partial charge in [0.2, 0.25) is 0 Å². The average molecular weight is 279 g/mol. The number of ether oxygens (including phenoxy) is 1. The molecule has 2 aromatic carbocycles. The largest absolute Gasteiger partial charge is 0.497 e. The zero-order chi connectivity index (χ0) is 14.7. The second kappa shape index (κ2) is 5.71. The minimum Gasteiger partial charge on any atom is -0.497 e. The Labute approximate surface area is 123 Å². The van der Waals surface area contributed by atoms with Crippen LogP contribution in [0.2, 0.25) is 0 Å². The molecule has 1 aromatic heterocycles. The second-order valence-corrected chi connectivity index (χ2v) is 4.81. The van der Waals surface area contributed by atoms with E-state index in [1.807, 2.05) is 54.6 Å². The average Bonchev–Trinajstić information content (AvgIpc) is 2.53. The van der Waals surface area contributed by atoms with Crippen molar-refractivity contribution in [2.75, 3.05) is 18.2 Å². The molecule has 3 aromatic rings. The normalized spacial score (nSPS) is 10.5. The summed E-state index contributed by atoms with van der Waals surface area (Å²) < 4.78 is 5.16. The Morgan fingerprint density at radius 3 is 2.62 bits per heavy atom. The van der Waals surface area contributed by atoms with Crippen LogP contribution in [0.1, 0.15) is 5.56 Å². The van der Waals surface area contributed by atoms with Crippen molar-refractivity contribution in [3.05, 3.63) is 60.2 Å². The molecule has 0 aliphatic heterocycles. The number of nitrogen functional groups attached to an aromatic ring is 1. The molecular weight excluding hydrogens is 262 g/mol. The number of nitrogens with two attached hydrogens (primary N) is 1. The summed E-state index contributed by atoms with van der Waals surface area (Å²) in [5.74, 6) is 1.38. The lowest BCUT2D eigenvalue weighted by atomic mass is 10.1. The van der Waals surface area contributed by atoms with Crippen LogP contribution in [0.25, 0.3) is 10.9 Å². The number of anilines is 2. The Morgan fingerprint density at radius 2 is 1.86 bits per heavy atom. The van der Waals surface area contributed by atoms with E-state index in [1.54, 1.807) is 7.11 Å². The highest BCUT2D eigenvalue weighted by Crippen LogP contribution is 2.24. The van der Waals surface area contributed by atoms with Gasteiger partial charge in [-0.1, -0.05) is 30.3 Å². The molecule has 4 heteroatoms. The number of hydrogen-bond acceptors (Lipinski definition) is 4. The summed E-state index contributed by atoms with van der Waals surface area (Å²) in [5, 5.41) is 4.49. The molecule has 4 nitrogen and oxygen atoms in total. The molecule has 106 valence electrons. The van der Waals surface area contributed by atoms with Gasteiger partial charge in [-0.3, -0.25) is 0 Å². The summed E-state index contributed by atoms with van der Waals surface area (Å²) in [7, 11) is 1.67. The molecule has 1 heterocycles. The molecule has 0 saturated carbocycles. The van der Waals surface area contributed by atoms with Crippen molar-refractivity contribution in [1.82, 2.24) is 4.98 Å². The summed E-state index contributed by atoms with van der Waals surface area (Å²) in [6, 6.07) is 17.8. The van der Waals surface area contributed by atoms with Gasteiger partial charge in [0.05, 0.1) is 12.6 Å². The van der Waals surface area contributed by atoms with Crippen molar-refractivity contribution in [1.29, 1.82) is 0 Å². The summed E-state index contributed by atoms with van der Waals surface area (Å²) in [4.78, 5) is 4.34. The van der Waals surface area contributed by atoms with Crippen LogP contribution in [0.15, 0.2) is 54.6 Å². The predicted octanol–water partition coefficient (Wildman–Crippen LogP) is 3.44. The molecule has 0 fully saturated rings. The summed E-state index contributed by atoms with van der Waals surface area (Å²) in [6.07, 6.45) is 0. The first-order chi connectivity index (χ1) is 10.3. The van der Waals surface area contributed by atoms with E-state index < -0.39 is 0 Å². The van der Waals surface area contributed by atoms with Crippen LogP contribution in [-0.4, -0.2) is 12.1 Å². The number of methoxy groups -OCH3 is 1. The highest BCUT2D eigenvalue weighted by atomic mass is 16.5. The van der Waals surface area contributed by atoms with E-state index in [2.05, 4.69) is 10.3 Å². The molecule has 3 N–H and O–H groups in total. The Balaban J connectivity index is 1.84. The monoisotopic (exact) mass is 279 g/mol. The van der Waals surface area contributed by atoms with Crippen LogP contribution in [-0.2, 0) is 6.54 Å². The minimum atomic E-state index is 0.519. The standard InChI is InChI=1S/C17H17N3O/c1-21-13-8-6-12(7-9-13)11-19-16-10-17(18)20-15-5-3-2-4-14(15)16/h2-10H,11H2,1H3,(H3,18,19,20). The number of hydrogen-bond donors (Lipinski definition) is 2. The van der Waals surface area contributed by atoms with Crippen LogP contribution in [0, 0.1) is 0 Å². The summed E-state index contributed by atoms with van der Waals surface area (Å²) >= 11 is 0. The molecule has 0 unspecified atom stereocenters. The fraction of sp³-hybridized carbons (Fsp3) is 0.118. The van der Waals surface area contributed by atoms with Crippen molar-refractivity contribution >= 4 is 22.4 Å². The third-order valence-corrected chi connectivity index (χ3v) is 3.38. The number of pyridine rings is 1. The first kappa shape index (κ1) is 13.2. The fourth-order valence-electron chi connectivity index (χ4n) is 2.28. The first-order valence-electron chi connectivity index (χ1n) is 6.78. The Bertz CT molecular complexity index is 754. The minimum absolute atomic E-state index is 0.519. The van der Waals surface area contributed by atoms with Crippen molar-refractivity contribution in [3.63, 3.8) is 0 Å². The molecule has 3 rings (SSSR count). The highest BCUT2D eigenvalue weighted by molar-refractivity contribution is 5.92. The van der Waals surface area contributed by atoms with Crippen LogP contribution in [0.5, 0.6) is 5.75 Å². The number of rotatable bonds is 4. The lowest BCUT2D eigenvalue weighted by molar-refractivity contribution is 0.414. The Kier molecular flexibility index (Phi) is 3.60. The Morgan fingerprint density at radius 1 is 1.10 bits per heavy atom. The molecule has 0 atom stereocenters.